The first kappa shape index (κ1) is 20.3. The summed E-state index contributed by atoms with van der Waals surface area (Å²) >= 11 is 0. The molecule has 1 aliphatic heterocycles. The van der Waals surface area contributed by atoms with Gasteiger partial charge in [-0.25, -0.2) is 0 Å². The second kappa shape index (κ2) is 8.40. The number of carbonyl (C=O) groups excluding carboxylic acids is 1. The van der Waals surface area contributed by atoms with E-state index in [4.69, 9.17) is 13.9 Å². The van der Waals surface area contributed by atoms with Crippen LogP contribution in [-0.2, 0) is 0 Å². The van der Waals surface area contributed by atoms with Crippen molar-refractivity contribution in [1.29, 1.82) is 0 Å². The molecular weight excluding hydrogens is 380 g/mol. The van der Waals surface area contributed by atoms with Crippen molar-refractivity contribution < 1.29 is 18.7 Å². The third kappa shape index (κ3) is 3.75. The van der Waals surface area contributed by atoms with Crippen molar-refractivity contribution in [2.24, 2.45) is 0 Å². The van der Waals surface area contributed by atoms with Gasteiger partial charge in [-0.05, 0) is 49.7 Å². The molecular formula is C24H28N2O4. The molecule has 0 spiro atoms. The van der Waals surface area contributed by atoms with Gasteiger partial charge in [0.2, 0.25) is 0 Å². The van der Waals surface area contributed by atoms with E-state index in [-0.39, 0.29) is 11.9 Å². The molecule has 0 aliphatic carbocycles. The molecule has 2 aromatic carbocycles. The molecule has 158 valence electrons. The Bertz CT molecular complexity index is 1050. The van der Waals surface area contributed by atoms with E-state index in [0.29, 0.717) is 35.7 Å². The summed E-state index contributed by atoms with van der Waals surface area (Å²) in [6.45, 7) is 7.06. The Labute approximate surface area is 177 Å². The summed E-state index contributed by atoms with van der Waals surface area (Å²) in [6.07, 6.45) is 0. The lowest BCUT2D eigenvalue weighted by molar-refractivity contribution is 0.0582. The maximum Gasteiger partial charge on any atom is 0.258 e. The zero-order chi connectivity index (χ0) is 21.3. The van der Waals surface area contributed by atoms with E-state index in [9.17, 15) is 4.79 Å². The molecule has 0 radical (unpaired) electrons. The lowest BCUT2D eigenvalue weighted by atomic mass is 10.0. The Balaban J connectivity index is 1.48. The maximum atomic E-state index is 13.3. The Morgan fingerprint density at radius 1 is 1.00 bits per heavy atom. The van der Waals surface area contributed by atoms with Crippen LogP contribution >= 0.6 is 0 Å². The SMILES string of the molecule is COc1cccc(C(C)N2CCN(C(=O)c3c(C)oc4ccc(OC)cc34)CC2)c1. The van der Waals surface area contributed by atoms with Crippen molar-refractivity contribution in [2.75, 3.05) is 40.4 Å². The average Bonchev–Trinajstić information content (AvgIpc) is 3.12. The summed E-state index contributed by atoms with van der Waals surface area (Å²) in [5.74, 6) is 2.25. The van der Waals surface area contributed by atoms with Crippen molar-refractivity contribution in [3.8, 4) is 11.5 Å². The van der Waals surface area contributed by atoms with Crippen molar-refractivity contribution >= 4 is 16.9 Å². The number of aryl methyl sites for hydroxylation is 1. The van der Waals surface area contributed by atoms with Crippen LogP contribution in [-0.4, -0.2) is 56.1 Å². The quantitative estimate of drug-likeness (QED) is 0.631. The maximum absolute atomic E-state index is 13.3. The highest BCUT2D eigenvalue weighted by atomic mass is 16.5. The number of ether oxygens (including phenoxy) is 2. The lowest BCUT2D eigenvalue weighted by Crippen LogP contribution is -2.49. The number of methoxy groups -OCH3 is 2. The van der Waals surface area contributed by atoms with E-state index < -0.39 is 0 Å². The molecule has 1 saturated heterocycles. The van der Waals surface area contributed by atoms with Gasteiger partial charge in [0.15, 0.2) is 0 Å². The van der Waals surface area contributed by atoms with E-state index in [1.165, 1.54) is 5.56 Å². The predicted octanol–water partition coefficient (Wildman–Crippen LogP) is 4.28. The van der Waals surface area contributed by atoms with Crippen molar-refractivity contribution in [1.82, 2.24) is 9.80 Å². The van der Waals surface area contributed by atoms with Crippen LogP contribution in [0, 0.1) is 6.92 Å². The minimum Gasteiger partial charge on any atom is -0.497 e. The molecule has 1 aromatic heterocycles. The van der Waals surface area contributed by atoms with Crippen LogP contribution in [0.25, 0.3) is 11.0 Å². The third-order valence-corrected chi connectivity index (χ3v) is 6.01. The fraction of sp³-hybridized carbons (Fsp3) is 0.375. The van der Waals surface area contributed by atoms with Crippen LogP contribution in [0.1, 0.15) is 34.6 Å². The van der Waals surface area contributed by atoms with E-state index in [0.717, 1.165) is 24.2 Å². The fourth-order valence-corrected chi connectivity index (χ4v) is 4.17. The van der Waals surface area contributed by atoms with Crippen LogP contribution < -0.4 is 9.47 Å². The number of fused-ring (bicyclic) bond motifs is 1. The van der Waals surface area contributed by atoms with Gasteiger partial charge in [0.25, 0.3) is 5.91 Å². The zero-order valence-corrected chi connectivity index (χ0v) is 18.0. The van der Waals surface area contributed by atoms with Gasteiger partial charge in [-0.3, -0.25) is 9.69 Å². The van der Waals surface area contributed by atoms with E-state index in [2.05, 4.69) is 24.0 Å². The molecule has 1 atom stereocenters. The molecule has 0 N–H and O–H groups in total. The van der Waals surface area contributed by atoms with E-state index in [1.807, 2.05) is 42.2 Å². The minimum absolute atomic E-state index is 0.0215. The molecule has 30 heavy (non-hydrogen) atoms. The summed E-state index contributed by atoms with van der Waals surface area (Å²) < 4.78 is 16.5. The number of benzene rings is 2. The summed E-state index contributed by atoms with van der Waals surface area (Å²) in [4.78, 5) is 17.6. The molecule has 1 fully saturated rings. The second-order valence-electron chi connectivity index (χ2n) is 7.68. The zero-order valence-electron chi connectivity index (χ0n) is 18.0. The molecule has 0 bridgehead atoms. The van der Waals surface area contributed by atoms with Crippen molar-refractivity contribution in [2.45, 2.75) is 19.9 Å². The fourth-order valence-electron chi connectivity index (χ4n) is 4.17. The molecule has 2 heterocycles. The third-order valence-electron chi connectivity index (χ3n) is 6.01. The van der Waals surface area contributed by atoms with Crippen LogP contribution in [0.15, 0.2) is 46.9 Å². The number of hydrogen-bond donors (Lipinski definition) is 0. The summed E-state index contributed by atoms with van der Waals surface area (Å²) in [5, 5.41) is 0.809. The van der Waals surface area contributed by atoms with Crippen LogP contribution in [0.5, 0.6) is 11.5 Å². The largest absolute Gasteiger partial charge is 0.497 e. The molecule has 1 amide bonds. The first-order chi connectivity index (χ1) is 14.5. The number of amides is 1. The molecule has 3 aromatic rings. The molecule has 6 heteroatoms. The average molecular weight is 408 g/mol. The number of furan rings is 1. The smallest absolute Gasteiger partial charge is 0.258 e. The molecule has 1 unspecified atom stereocenters. The van der Waals surface area contributed by atoms with Gasteiger partial charge in [-0.1, -0.05) is 12.1 Å². The normalized spacial score (nSPS) is 15.9. The van der Waals surface area contributed by atoms with Gasteiger partial charge in [-0.2, -0.15) is 0 Å². The number of hydrogen-bond acceptors (Lipinski definition) is 5. The lowest BCUT2D eigenvalue weighted by Gasteiger charge is -2.38. The highest BCUT2D eigenvalue weighted by Crippen LogP contribution is 2.31. The topological polar surface area (TPSA) is 55.2 Å². The number of rotatable bonds is 5. The van der Waals surface area contributed by atoms with Gasteiger partial charge in [0.05, 0.1) is 19.8 Å². The van der Waals surface area contributed by atoms with Gasteiger partial charge >= 0.3 is 0 Å². The van der Waals surface area contributed by atoms with Crippen LogP contribution in [0.2, 0.25) is 0 Å². The van der Waals surface area contributed by atoms with Gasteiger partial charge in [0, 0.05) is 37.6 Å². The molecule has 1 aliphatic rings. The van der Waals surface area contributed by atoms with Crippen molar-refractivity contribution in [3.63, 3.8) is 0 Å². The highest BCUT2D eigenvalue weighted by Gasteiger charge is 2.28. The van der Waals surface area contributed by atoms with Crippen LogP contribution in [0.3, 0.4) is 0 Å². The van der Waals surface area contributed by atoms with E-state index in [1.54, 1.807) is 14.2 Å². The Morgan fingerprint density at radius 3 is 2.40 bits per heavy atom. The second-order valence-corrected chi connectivity index (χ2v) is 7.68. The van der Waals surface area contributed by atoms with E-state index >= 15 is 0 Å². The van der Waals surface area contributed by atoms with Crippen LogP contribution in [0.4, 0.5) is 0 Å². The van der Waals surface area contributed by atoms with Crippen molar-refractivity contribution in [3.05, 3.63) is 59.4 Å². The van der Waals surface area contributed by atoms with Gasteiger partial charge in [-0.15, -0.1) is 0 Å². The van der Waals surface area contributed by atoms with Gasteiger partial charge in [0.1, 0.15) is 22.8 Å². The Kier molecular flexibility index (Phi) is 5.68. The Hall–Kier alpha value is -2.99. The standard InChI is InChI=1S/C24H28N2O4/c1-16(18-6-5-7-19(14-18)28-3)25-10-12-26(13-11-25)24(27)23-17(2)30-22-9-8-20(29-4)15-21(22)23/h5-9,14-16H,10-13H2,1-4H3. The number of nitrogens with zero attached hydrogens (tertiary/aromatic N) is 2. The first-order valence-corrected chi connectivity index (χ1v) is 10.3. The monoisotopic (exact) mass is 408 g/mol. The first-order valence-electron chi connectivity index (χ1n) is 10.3. The highest BCUT2D eigenvalue weighted by molar-refractivity contribution is 6.07. The summed E-state index contributed by atoms with van der Waals surface area (Å²) in [7, 11) is 3.31. The minimum atomic E-state index is 0.0215. The Morgan fingerprint density at radius 2 is 1.70 bits per heavy atom. The summed E-state index contributed by atoms with van der Waals surface area (Å²) in [5.41, 5.74) is 2.57. The number of carbonyl (C=O) groups is 1. The molecule has 6 nitrogen and oxygen atoms in total. The summed E-state index contributed by atoms with van der Waals surface area (Å²) in [6, 6.07) is 14.0. The number of piperazine rings is 1. The predicted molar refractivity (Wildman–Crippen MR) is 116 cm³/mol. The molecule has 4 rings (SSSR count). The molecule has 0 saturated carbocycles. The van der Waals surface area contributed by atoms with Gasteiger partial charge < -0.3 is 18.8 Å².